The summed E-state index contributed by atoms with van der Waals surface area (Å²) in [6.45, 7) is 1.01. The van der Waals surface area contributed by atoms with E-state index in [-0.39, 0.29) is 5.91 Å². The molecule has 0 fully saturated rings. The van der Waals surface area contributed by atoms with Gasteiger partial charge in [0.05, 0.1) is 11.6 Å². The summed E-state index contributed by atoms with van der Waals surface area (Å²) in [5, 5.41) is 4.62. The van der Waals surface area contributed by atoms with Gasteiger partial charge in [0.25, 0.3) is 0 Å². The number of carbonyl (C=O) groups is 1. The Hall–Kier alpha value is -1.42. The zero-order chi connectivity index (χ0) is 17.4. The number of nitrogens with one attached hydrogen (secondary N) is 1. The van der Waals surface area contributed by atoms with Crippen LogP contribution in [0.4, 0.5) is 0 Å². The number of halogens is 3. The van der Waals surface area contributed by atoms with Gasteiger partial charge in [-0.2, -0.15) is 0 Å². The molecule has 0 bridgehead atoms. The van der Waals surface area contributed by atoms with Crippen molar-refractivity contribution >= 4 is 40.7 Å². The Morgan fingerprint density at radius 2 is 1.83 bits per heavy atom. The number of amides is 1. The highest BCUT2D eigenvalue weighted by Gasteiger charge is 2.04. The van der Waals surface area contributed by atoms with Crippen molar-refractivity contribution in [3.05, 3.63) is 63.1 Å². The van der Waals surface area contributed by atoms with Crippen molar-refractivity contribution in [2.45, 2.75) is 19.3 Å². The molecule has 6 heteroatoms. The lowest BCUT2D eigenvalue weighted by Gasteiger charge is -2.09. The molecule has 0 radical (unpaired) electrons. The van der Waals surface area contributed by atoms with Gasteiger partial charge in [0, 0.05) is 23.0 Å². The molecule has 0 atom stereocenters. The van der Waals surface area contributed by atoms with Gasteiger partial charge < -0.3 is 10.1 Å². The normalized spacial score (nSPS) is 10.5. The third-order valence-corrected chi connectivity index (χ3v) is 4.09. The van der Waals surface area contributed by atoms with Gasteiger partial charge >= 0.3 is 0 Å². The van der Waals surface area contributed by atoms with E-state index in [0.717, 1.165) is 12.0 Å². The first-order valence-electron chi connectivity index (χ1n) is 7.63. The van der Waals surface area contributed by atoms with Crippen molar-refractivity contribution in [1.29, 1.82) is 0 Å². The fraction of sp³-hybridized carbons (Fsp3) is 0.278. The maximum absolute atomic E-state index is 11.8. The molecule has 3 nitrogen and oxygen atoms in total. The Balaban J connectivity index is 1.61. The van der Waals surface area contributed by atoms with Crippen molar-refractivity contribution in [2.75, 3.05) is 13.2 Å². The molecule has 24 heavy (non-hydrogen) atoms. The molecular weight excluding hydrogens is 369 g/mol. The maximum Gasteiger partial charge on any atom is 0.220 e. The Kier molecular flexibility index (Phi) is 7.70. The van der Waals surface area contributed by atoms with Crippen LogP contribution in [0.25, 0.3) is 0 Å². The van der Waals surface area contributed by atoms with Gasteiger partial charge in [-0.25, -0.2) is 0 Å². The Morgan fingerprint density at radius 3 is 2.58 bits per heavy atom. The summed E-state index contributed by atoms with van der Waals surface area (Å²) in [5.74, 6) is 0.574. The molecule has 0 aliphatic rings. The van der Waals surface area contributed by atoms with E-state index in [0.29, 0.717) is 46.8 Å². The molecule has 2 rings (SSSR count). The second-order valence-electron chi connectivity index (χ2n) is 5.26. The van der Waals surface area contributed by atoms with Crippen LogP contribution in [0.5, 0.6) is 5.75 Å². The van der Waals surface area contributed by atoms with Crippen LogP contribution in [-0.4, -0.2) is 19.1 Å². The van der Waals surface area contributed by atoms with Crippen LogP contribution in [0.1, 0.15) is 18.4 Å². The summed E-state index contributed by atoms with van der Waals surface area (Å²) in [6.07, 6.45) is 1.77. The average Bonchev–Trinajstić information content (AvgIpc) is 2.53. The molecule has 0 aliphatic heterocycles. The minimum Gasteiger partial charge on any atom is -0.492 e. The van der Waals surface area contributed by atoms with Crippen LogP contribution in [0.2, 0.25) is 15.1 Å². The smallest absolute Gasteiger partial charge is 0.220 e. The highest BCUT2D eigenvalue weighted by atomic mass is 35.5. The number of ether oxygens (including phenoxy) is 1. The van der Waals surface area contributed by atoms with Gasteiger partial charge in [-0.1, -0.05) is 46.9 Å². The van der Waals surface area contributed by atoms with E-state index in [4.69, 9.17) is 39.5 Å². The van der Waals surface area contributed by atoms with E-state index in [9.17, 15) is 4.79 Å². The minimum atomic E-state index is 0.00262. The zero-order valence-corrected chi connectivity index (χ0v) is 15.3. The van der Waals surface area contributed by atoms with Crippen LogP contribution in [0.3, 0.4) is 0 Å². The summed E-state index contributed by atoms with van der Waals surface area (Å²) in [7, 11) is 0. The molecule has 2 aromatic carbocycles. The van der Waals surface area contributed by atoms with Crippen molar-refractivity contribution in [1.82, 2.24) is 5.32 Å². The van der Waals surface area contributed by atoms with E-state index in [1.54, 1.807) is 18.2 Å². The standard InChI is InChI=1S/C18H18Cl3NO2/c19-14-4-1-3-13(11-14)8-9-22-18(23)5-2-10-24-17-7-6-15(20)12-16(17)21/h1,3-4,6-7,11-12H,2,5,8-10H2,(H,22,23). The van der Waals surface area contributed by atoms with Crippen molar-refractivity contribution in [2.24, 2.45) is 0 Å². The molecular formula is C18H18Cl3NO2. The highest BCUT2D eigenvalue weighted by molar-refractivity contribution is 6.35. The molecule has 0 heterocycles. The van der Waals surface area contributed by atoms with Crippen molar-refractivity contribution < 1.29 is 9.53 Å². The first-order chi connectivity index (χ1) is 11.5. The molecule has 0 unspecified atom stereocenters. The SMILES string of the molecule is O=C(CCCOc1ccc(Cl)cc1Cl)NCCc1cccc(Cl)c1. The van der Waals surface area contributed by atoms with Gasteiger partial charge in [0.15, 0.2) is 0 Å². The van der Waals surface area contributed by atoms with Gasteiger partial charge in [-0.3, -0.25) is 4.79 Å². The minimum absolute atomic E-state index is 0.00262. The number of hydrogen-bond donors (Lipinski definition) is 1. The molecule has 0 saturated carbocycles. The fourth-order valence-electron chi connectivity index (χ4n) is 2.13. The Morgan fingerprint density at radius 1 is 1.04 bits per heavy atom. The van der Waals surface area contributed by atoms with Crippen LogP contribution in [0, 0.1) is 0 Å². The summed E-state index contributed by atoms with van der Waals surface area (Å²) in [6, 6.07) is 12.7. The highest BCUT2D eigenvalue weighted by Crippen LogP contribution is 2.27. The van der Waals surface area contributed by atoms with Gasteiger partial charge in [-0.05, 0) is 48.7 Å². The molecule has 0 saturated heterocycles. The average molecular weight is 387 g/mol. The third kappa shape index (κ3) is 6.60. The van der Waals surface area contributed by atoms with Crippen molar-refractivity contribution in [3.63, 3.8) is 0 Å². The number of rotatable bonds is 8. The quantitative estimate of drug-likeness (QED) is 0.636. The van der Waals surface area contributed by atoms with E-state index >= 15 is 0 Å². The largest absolute Gasteiger partial charge is 0.492 e. The maximum atomic E-state index is 11.8. The molecule has 0 aromatic heterocycles. The third-order valence-electron chi connectivity index (χ3n) is 3.32. The summed E-state index contributed by atoms with van der Waals surface area (Å²) < 4.78 is 5.54. The Labute approximate surface area is 156 Å². The number of hydrogen-bond acceptors (Lipinski definition) is 2. The summed E-state index contributed by atoms with van der Waals surface area (Å²) in [4.78, 5) is 11.8. The van der Waals surface area contributed by atoms with Crippen LogP contribution >= 0.6 is 34.8 Å². The van der Waals surface area contributed by atoms with Crippen molar-refractivity contribution in [3.8, 4) is 5.75 Å². The van der Waals surface area contributed by atoms with E-state index in [2.05, 4.69) is 5.32 Å². The topological polar surface area (TPSA) is 38.3 Å². The molecule has 1 N–H and O–H groups in total. The zero-order valence-electron chi connectivity index (χ0n) is 13.0. The van der Waals surface area contributed by atoms with Gasteiger partial charge in [0.1, 0.15) is 5.75 Å². The van der Waals surface area contributed by atoms with E-state index < -0.39 is 0 Å². The van der Waals surface area contributed by atoms with E-state index in [1.165, 1.54) is 0 Å². The molecule has 2 aromatic rings. The summed E-state index contributed by atoms with van der Waals surface area (Å²) in [5.41, 5.74) is 1.10. The molecule has 0 spiro atoms. The lowest BCUT2D eigenvalue weighted by Crippen LogP contribution is -2.25. The summed E-state index contributed by atoms with van der Waals surface area (Å²) >= 11 is 17.8. The molecule has 0 aliphatic carbocycles. The fourth-order valence-corrected chi connectivity index (χ4v) is 2.81. The van der Waals surface area contributed by atoms with Crippen LogP contribution < -0.4 is 10.1 Å². The second-order valence-corrected chi connectivity index (χ2v) is 6.54. The van der Waals surface area contributed by atoms with Crippen LogP contribution in [-0.2, 0) is 11.2 Å². The Bertz CT molecular complexity index is 692. The van der Waals surface area contributed by atoms with Gasteiger partial charge in [0.2, 0.25) is 5.91 Å². The van der Waals surface area contributed by atoms with Crippen LogP contribution in [0.15, 0.2) is 42.5 Å². The number of carbonyl (C=O) groups excluding carboxylic acids is 1. The first kappa shape index (κ1) is 18.9. The van der Waals surface area contributed by atoms with E-state index in [1.807, 2.05) is 24.3 Å². The lowest BCUT2D eigenvalue weighted by molar-refractivity contribution is -0.121. The molecule has 1 amide bonds. The predicted octanol–water partition coefficient (Wildman–Crippen LogP) is 5.16. The number of benzene rings is 2. The predicted molar refractivity (Wildman–Crippen MR) is 99.4 cm³/mol. The molecule has 128 valence electrons. The lowest BCUT2D eigenvalue weighted by atomic mass is 10.1. The second kappa shape index (κ2) is 9.77. The van der Waals surface area contributed by atoms with Gasteiger partial charge in [-0.15, -0.1) is 0 Å². The first-order valence-corrected chi connectivity index (χ1v) is 8.77. The monoisotopic (exact) mass is 385 g/mol.